The zero-order valence-corrected chi connectivity index (χ0v) is 19.8. The first kappa shape index (κ1) is 25.3. The molecule has 0 unspecified atom stereocenters. The van der Waals surface area contributed by atoms with Gasteiger partial charge in [0.25, 0.3) is 5.92 Å². The van der Waals surface area contributed by atoms with E-state index >= 15 is 0 Å². The molecule has 1 fully saturated rings. The Morgan fingerprint density at radius 1 is 1.20 bits per heavy atom. The fourth-order valence-electron chi connectivity index (χ4n) is 4.07. The Hall–Kier alpha value is -2.83. The van der Waals surface area contributed by atoms with Gasteiger partial charge in [-0.15, -0.1) is 0 Å². The normalized spacial score (nSPS) is 18.6. The molecule has 0 bridgehead atoms. The van der Waals surface area contributed by atoms with Crippen molar-refractivity contribution in [3.63, 3.8) is 0 Å². The molecule has 4 rings (SSSR count). The van der Waals surface area contributed by atoms with Crippen LogP contribution in [0.15, 0.2) is 18.3 Å². The molecule has 3 aromatic rings. The average molecular weight is 532 g/mol. The zero-order valence-electron chi connectivity index (χ0n) is 18.2. The largest absolute Gasteiger partial charge is 0.390 e. The minimum absolute atomic E-state index is 0.0331. The van der Waals surface area contributed by atoms with Gasteiger partial charge in [-0.05, 0) is 37.8 Å². The minimum Gasteiger partial charge on any atom is -0.390 e. The molecule has 2 heterocycles. The summed E-state index contributed by atoms with van der Waals surface area (Å²) < 4.78 is 42.4. The van der Waals surface area contributed by atoms with E-state index in [1.54, 1.807) is 4.57 Å². The Morgan fingerprint density at radius 3 is 2.46 bits per heavy atom. The lowest BCUT2D eigenvalue weighted by Gasteiger charge is -2.29. The minimum atomic E-state index is -3.35. The van der Waals surface area contributed by atoms with Gasteiger partial charge in [-0.2, -0.15) is 4.98 Å². The van der Waals surface area contributed by atoms with Crippen molar-refractivity contribution in [1.82, 2.24) is 19.5 Å². The molecule has 188 valence electrons. The summed E-state index contributed by atoms with van der Waals surface area (Å²) in [7, 11) is 0. The highest BCUT2D eigenvalue weighted by atomic mass is 35.5. The molecule has 1 aromatic carbocycles. The van der Waals surface area contributed by atoms with E-state index in [0.29, 0.717) is 36.8 Å². The summed E-state index contributed by atoms with van der Waals surface area (Å²) in [5.74, 6) is -4.36. The van der Waals surface area contributed by atoms with Crippen LogP contribution in [0.4, 0.5) is 30.8 Å². The number of imidazole rings is 1. The molecular formula is C21H22Cl2F3N7O2. The summed E-state index contributed by atoms with van der Waals surface area (Å²) in [6.45, 7) is -2.19. The van der Waals surface area contributed by atoms with Crippen LogP contribution in [-0.4, -0.2) is 49.6 Å². The van der Waals surface area contributed by atoms with E-state index in [1.165, 1.54) is 6.20 Å². The Balaban J connectivity index is 1.74. The van der Waals surface area contributed by atoms with Gasteiger partial charge in [0.05, 0.1) is 28.5 Å². The molecule has 0 aliphatic heterocycles. The molecule has 1 amide bonds. The molecule has 35 heavy (non-hydrogen) atoms. The van der Waals surface area contributed by atoms with Crippen molar-refractivity contribution in [3.05, 3.63) is 34.2 Å². The van der Waals surface area contributed by atoms with Crippen LogP contribution in [0.2, 0.25) is 10.0 Å². The van der Waals surface area contributed by atoms with Gasteiger partial charge in [0.1, 0.15) is 17.9 Å². The number of aliphatic hydroxyl groups excluding tert-OH is 1. The average Bonchev–Trinajstić information content (AvgIpc) is 3.17. The zero-order chi connectivity index (χ0) is 25.3. The number of rotatable bonds is 8. The van der Waals surface area contributed by atoms with Crippen LogP contribution in [0, 0.1) is 11.7 Å². The summed E-state index contributed by atoms with van der Waals surface area (Å²) in [6, 6.07) is 2.03. The van der Waals surface area contributed by atoms with Crippen molar-refractivity contribution in [2.75, 3.05) is 23.8 Å². The van der Waals surface area contributed by atoms with Crippen LogP contribution < -0.4 is 16.4 Å². The number of nitrogens with one attached hydrogen (secondary N) is 2. The van der Waals surface area contributed by atoms with Crippen molar-refractivity contribution < 1.29 is 23.1 Å². The number of amides is 1. The summed E-state index contributed by atoms with van der Waals surface area (Å²) >= 11 is 12.4. The van der Waals surface area contributed by atoms with Gasteiger partial charge in [-0.3, -0.25) is 9.36 Å². The number of anilines is 3. The van der Waals surface area contributed by atoms with Crippen LogP contribution >= 0.6 is 23.2 Å². The van der Waals surface area contributed by atoms with Gasteiger partial charge in [0, 0.05) is 12.0 Å². The van der Waals surface area contributed by atoms with Gasteiger partial charge in [0.2, 0.25) is 17.8 Å². The monoisotopic (exact) mass is 531 g/mol. The van der Waals surface area contributed by atoms with Crippen LogP contribution in [-0.2, 0) is 4.79 Å². The number of halogens is 5. The third kappa shape index (κ3) is 5.54. The molecule has 5 N–H and O–H groups in total. The molecule has 9 nitrogen and oxygen atoms in total. The first-order valence-corrected chi connectivity index (χ1v) is 11.5. The topological polar surface area (TPSA) is 131 Å². The maximum atomic E-state index is 13.7. The van der Waals surface area contributed by atoms with Gasteiger partial charge >= 0.3 is 0 Å². The van der Waals surface area contributed by atoms with E-state index < -0.39 is 24.9 Å². The number of carbonyl (C=O) groups is 1. The van der Waals surface area contributed by atoms with Crippen molar-refractivity contribution in [2.45, 2.75) is 37.6 Å². The fraction of sp³-hybridized carbons (Fsp3) is 0.429. The molecule has 14 heteroatoms. The number of fused-ring (bicyclic) bond motifs is 1. The lowest BCUT2D eigenvalue weighted by atomic mass is 9.85. The summed E-state index contributed by atoms with van der Waals surface area (Å²) in [6.07, 6.45) is 3.63. The Morgan fingerprint density at radius 2 is 1.86 bits per heavy atom. The van der Waals surface area contributed by atoms with Crippen LogP contribution in [0.5, 0.6) is 0 Å². The molecule has 0 atom stereocenters. The van der Waals surface area contributed by atoms with E-state index in [2.05, 4.69) is 25.6 Å². The highest BCUT2D eigenvalue weighted by Gasteiger charge is 2.30. The smallest absolute Gasteiger partial charge is 0.287 e. The number of benzene rings is 1. The van der Waals surface area contributed by atoms with E-state index in [1.807, 2.05) is 0 Å². The van der Waals surface area contributed by atoms with Crippen molar-refractivity contribution >= 4 is 57.9 Å². The molecule has 1 saturated carbocycles. The third-order valence-corrected chi connectivity index (χ3v) is 6.47. The number of primary amides is 1. The predicted octanol–water partition coefficient (Wildman–Crippen LogP) is 4.27. The van der Waals surface area contributed by atoms with E-state index in [4.69, 9.17) is 34.0 Å². The highest BCUT2D eigenvalue weighted by Crippen LogP contribution is 2.39. The van der Waals surface area contributed by atoms with Gasteiger partial charge < -0.3 is 21.5 Å². The third-order valence-electron chi connectivity index (χ3n) is 5.88. The molecule has 0 radical (unpaired) electrons. The van der Waals surface area contributed by atoms with Crippen molar-refractivity contribution in [1.29, 1.82) is 0 Å². The number of hydrogen-bond donors (Lipinski definition) is 4. The number of nitrogens with two attached hydrogens (primary N) is 1. The fourth-order valence-corrected chi connectivity index (χ4v) is 4.62. The van der Waals surface area contributed by atoms with E-state index in [9.17, 15) is 18.0 Å². The maximum Gasteiger partial charge on any atom is 0.287 e. The molecule has 0 spiro atoms. The second kappa shape index (κ2) is 10.0. The lowest BCUT2D eigenvalue weighted by molar-refractivity contribution is -0.122. The predicted molar refractivity (Wildman–Crippen MR) is 126 cm³/mol. The molecular weight excluding hydrogens is 510 g/mol. The van der Waals surface area contributed by atoms with Crippen LogP contribution in [0.3, 0.4) is 0 Å². The van der Waals surface area contributed by atoms with E-state index in [-0.39, 0.29) is 45.5 Å². The first-order chi connectivity index (χ1) is 16.6. The Kier molecular flexibility index (Phi) is 7.25. The second-order valence-corrected chi connectivity index (χ2v) is 9.17. The summed E-state index contributed by atoms with van der Waals surface area (Å²) in [5.41, 5.74) is 6.39. The number of alkyl halides is 2. The lowest BCUT2D eigenvalue weighted by Crippen LogP contribution is -2.31. The second-order valence-electron chi connectivity index (χ2n) is 8.35. The first-order valence-electron chi connectivity index (χ1n) is 10.8. The van der Waals surface area contributed by atoms with Gasteiger partial charge in [-0.25, -0.2) is 23.1 Å². The van der Waals surface area contributed by atoms with Crippen LogP contribution in [0.1, 0.15) is 31.7 Å². The highest BCUT2D eigenvalue weighted by molar-refractivity contribution is 6.39. The van der Waals surface area contributed by atoms with Crippen LogP contribution in [0.25, 0.3) is 11.2 Å². The Bertz CT molecular complexity index is 1230. The van der Waals surface area contributed by atoms with Crippen molar-refractivity contribution in [3.8, 4) is 0 Å². The molecule has 2 aromatic heterocycles. The number of aromatic nitrogens is 4. The quantitative estimate of drug-likeness (QED) is 0.341. The van der Waals surface area contributed by atoms with Gasteiger partial charge in [0.15, 0.2) is 5.65 Å². The standard InChI is InChI=1S/C21H22Cl2F3N7O2/c22-13-5-11(24)6-14(23)16(13)31-20-30-15-7-28-19(29-8-21(25,26)9-34)32-18(15)33(20)12-3-1-10(2-4-12)17(27)35/h5-7,10,12,34H,1-4,8-9H2,(H2,27,35)(H,30,31)(H,28,29,32). The van der Waals surface area contributed by atoms with Crippen molar-refractivity contribution in [2.24, 2.45) is 11.7 Å². The Labute approximate surface area is 207 Å². The van der Waals surface area contributed by atoms with E-state index in [0.717, 1.165) is 12.1 Å². The molecule has 1 aliphatic carbocycles. The summed E-state index contributed by atoms with van der Waals surface area (Å²) in [5, 5.41) is 14.3. The molecule has 1 aliphatic rings. The number of carbonyl (C=O) groups excluding carboxylic acids is 1. The number of nitrogens with zero attached hydrogens (tertiary/aromatic N) is 4. The maximum absolute atomic E-state index is 13.7. The molecule has 0 saturated heterocycles. The summed E-state index contributed by atoms with van der Waals surface area (Å²) in [4.78, 5) is 24.5. The number of aliphatic hydroxyl groups is 1. The van der Waals surface area contributed by atoms with Gasteiger partial charge in [-0.1, -0.05) is 23.2 Å². The SMILES string of the molecule is NC(=O)C1CCC(n2c(Nc3c(Cl)cc(F)cc3Cl)nc3cnc(NCC(F)(F)CO)nc32)CC1. The number of hydrogen-bond acceptors (Lipinski definition) is 7.